The quantitative estimate of drug-likeness (QED) is 0.544. The Bertz CT molecular complexity index is 1070. The molecule has 1 heterocycles. The number of hydrogen-bond donors (Lipinski definition) is 1. The van der Waals surface area contributed by atoms with Crippen molar-refractivity contribution in [1.82, 2.24) is 10.2 Å². The zero-order chi connectivity index (χ0) is 20.9. The second-order valence-electron chi connectivity index (χ2n) is 6.08. The number of amides is 1. The van der Waals surface area contributed by atoms with Gasteiger partial charge in [0.05, 0.1) is 5.75 Å². The van der Waals surface area contributed by atoms with E-state index in [1.807, 2.05) is 0 Å². The summed E-state index contributed by atoms with van der Waals surface area (Å²) < 4.78 is 43.4. The van der Waals surface area contributed by atoms with E-state index in [4.69, 9.17) is 4.74 Å². The number of anilines is 1. The molecule has 1 aromatic heterocycles. The van der Waals surface area contributed by atoms with E-state index in [0.29, 0.717) is 17.7 Å². The highest BCUT2D eigenvalue weighted by molar-refractivity contribution is 7.92. The van der Waals surface area contributed by atoms with Crippen molar-refractivity contribution >= 4 is 32.2 Å². The molecular weight excluding hydrogens is 417 g/mol. The lowest BCUT2D eigenvalue weighted by Gasteiger charge is -2.16. The summed E-state index contributed by atoms with van der Waals surface area (Å²) in [6, 6.07) is 14.0. The van der Waals surface area contributed by atoms with Crippen LogP contribution in [0.5, 0.6) is 5.75 Å². The molecule has 7 nitrogen and oxygen atoms in total. The molecule has 29 heavy (non-hydrogen) atoms. The van der Waals surface area contributed by atoms with Crippen molar-refractivity contribution < 1.29 is 22.3 Å². The molecule has 1 atom stereocenters. The Morgan fingerprint density at radius 2 is 1.83 bits per heavy atom. The topological polar surface area (TPSA) is 98.2 Å². The first-order valence-electron chi connectivity index (χ1n) is 8.70. The molecule has 10 heteroatoms. The number of halogens is 1. The first-order chi connectivity index (χ1) is 13.9. The van der Waals surface area contributed by atoms with E-state index < -0.39 is 27.7 Å². The minimum Gasteiger partial charge on any atom is -0.481 e. The van der Waals surface area contributed by atoms with Crippen LogP contribution < -0.4 is 10.1 Å². The van der Waals surface area contributed by atoms with Crippen LogP contribution in [-0.2, 0) is 20.4 Å². The van der Waals surface area contributed by atoms with E-state index >= 15 is 0 Å². The van der Waals surface area contributed by atoms with Gasteiger partial charge in [-0.15, -0.1) is 10.2 Å². The fourth-order valence-electron chi connectivity index (χ4n) is 2.43. The zero-order valence-corrected chi connectivity index (χ0v) is 17.0. The van der Waals surface area contributed by atoms with E-state index in [1.54, 1.807) is 37.3 Å². The van der Waals surface area contributed by atoms with E-state index in [0.717, 1.165) is 11.3 Å². The molecule has 1 unspecified atom stereocenters. The number of nitrogens with zero attached hydrogens (tertiary/aromatic N) is 2. The smallest absolute Gasteiger partial charge is 0.267 e. The van der Waals surface area contributed by atoms with Crippen LogP contribution in [0.1, 0.15) is 18.9 Å². The monoisotopic (exact) mass is 435 g/mol. The number of aromatic nitrogens is 2. The van der Waals surface area contributed by atoms with Crippen molar-refractivity contribution in [2.75, 3.05) is 5.32 Å². The Morgan fingerprint density at radius 1 is 1.14 bits per heavy atom. The summed E-state index contributed by atoms with van der Waals surface area (Å²) in [6.07, 6.45) is -0.505. The van der Waals surface area contributed by atoms with Crippen LogP contribution in [-0.4, -0.2) is 30.6 Å². The predicted molar refractivity (Wildman–Crippen MR) is 107 cm³/mol. The summed E-state index contributed by atoms with van der Waals surface area (Å²) in [4.78, 5) is 12.4. The lowest BCUT2D eigenvalue weighted by Crippen LogP contribution is -2.32. The first kappa shape index (κ1) is 20.9. The number of carbonyl (C=O) groups excluding carboxylic acids is 1. The molecule has 0 aliphatic carbocycles. The summed E-state index contributed by atoms with van der Waals surface area (Å²) in [6.45, 7) is 1.75. The molecule has 0 bridgehead atoms. The van der Waals surface area contributed by atoms with Gasteiger partial charge in [-0.3, -0.25) is 10.1 Å². The second kappa shape index (κ2) is 9.10. The van der Waals surface area contributed by atoms with Crippen LogP contribution in [0.15, 0.2) is 58.9 Å². The zero-order valence-electron chi connectivity index (χ0n) is 15.4. The van der Waals surface area contributed by atoms with Gasteiger partial charge in [-0.2, -0.15) is 0 Å². The minimum atomic E-state index is -3.68. The van der Waals surface area contributed by atoms with Crippen molar-refractivity contribution in [3.05, 3.63) is 66.0 Å². The number of sulfone groups is 1. The van der Waals surface area contributed by atoms with Gasteiger partial charge in [0.2, 0.25) is 19.3 Å². The van der Waals surface area contributed by atoms with E-state index in [2.05, 4.69) is 15.5 Å². The van der Waals surface area contributed by atoms with Gasteiger partial charge in [0.1, 0.15) is 11.6 Å². The largest absolute Gasteiger partial charge is 0.481 e. The van der Waals surface area contributed by atoms with Gasteiger partial charge < -0.3 is 4.74 Å². The Hall–Kier alpha value is -2.85. The molecular formula is C19H18FN3O4S2. The van der Waals surface area contributed by atoms with Crippen LogP contribution >= 0.6 is 11.3 Å². The third kappa shape index (κ3) is 5.58. The molecule has 1 amide bonds. The van der Waals surface area contributed by atoms with Gasteiger partial charge in [0.25, 0.3) is 5.91 Å². The molecule has 0 fully saturated rings. The highest BCUT2D eigenvalue weighted by Gasteiger charge is 2.24. The fraction of sp³-hybridized carbons (Fsp3) is 0.211. The lowest BCUT2D eigenvalue weighted by molar-refractivity contribution is -0.122. The van der Waals surface area contributed by atoms with Crippen molar-refractivity contribution in [2.24, 2.45) is 0 Å². The maximum absolute atomic E-state index is 13.0. The molecule has 0 saturated heterocycles. The van der Waals surface area contributed by atoms with E-state index in [1.165, 1.54) is 24.3 Å². The SMILES string of the molecule is CCC(Oc1ccc(F)cc1)C(=O)Nc1nnc(S(=O)(=O)Cc2ccccc2)s1. The van der Waals surface area contributed by atoms with Crippen molar-refractivity contribution in [1.29, 1.82) is 0 Å². The summed E-state index contributed by atoms with van der Waals surface area (Å²) in [5.41, 5.74) is 0.632. The summed E-state index contributed by atoms with van der Waals surface area (Å²) in [7, 11) is -3.68. The lowest BCUT2D eigenvalue weighted by atomic mass is 10.2. The number of benzene rings is 2. The molecule has 0 aliphatic heterocycles. The molecule has 0 spiro atoms. The molecule has 3 aromatic rings. The van der Waals surface area contributed by atoms with E-state index in [9.17, 15) is 17.6 Å². The number of rotatable bonds is 8. The average Bonchev–Trinajstić information content (AvgIpc) is 3.17. The van der Waals surface area contributed by atoms with Crippen molar-refractivity contribution in [3.63, 3.8) is 0 Å². The number of nitrogens with one attached hydrogen (secondary N) is 1. The maximum Gasteiger partial charge on any atom is 0.267 e. The van der Waals surface area contributed by atoms with Crippen LogP contribution in [0.25, 0.3) is 0 Å². The van der Waals surface area contributed by atoms with Gasteiger partial charge in [-0.05, 0) is 36.2 Å². The molecule has 0 aliphatic rings. The Morgan fingerprint density at radius 3 is 2.48 bits per heavy atom. The Kier molecular flexibility index (Phi) is 6.55. The fourth-order valence-corrected chi connectivity index (χ4v) is 4.75. The van der Waals surface area contributed by atoms with Crippen LogP contribution in [0.3, 0.4) is 0 Å². The number of carbonyl (C=O) groups is 1. The Labute approximate surface area is 171 Å². The van der Waals surface area contributed by atoms with Gasteiger partial charge in [-0.1, -0.05) is 48.6 Å². The second-order valence-corrected chi connectivity index (χ2v) is 9.22. The molecule has 2 aromatic carbocycles. The average molecular weight is 436 g/mol. The van der Waals surface area contributed by atoms with Gasteiger partial charge >= 0.3 is 0 Å². The number of hydrogen-bond acceptors (Lipinski definition) is 7. The first-order valence-corrected chi connectivity index (χ1v) is 11.2. The minimum absolute atomic E-state index is 0.0581. The molecule has 3 rings (SSSR count). The van der Waals surface area contributed by atoms with Crippen LogP contribution in [0.2, 0.25) is 0 Å². The van der Waals surface area contributed by atoms with Crippen molar-refractivity contribution in [3.8, 4) is 5.75 Å². The normalized spacial score (nSPS) is 12.3. The summed E-state index contributed by atoms with van der Waals surface area (Å²) >= 11 is 0.776. The maximum atomic E-state index is 13.0. The predicted octanol–water partition coefficient (Wildman–Crippen LogP) is 3.45. The third-order valence-corrected chi connectivity index (χ3v) is 6.83. The summed E-state index contributed by atoms with van der Waals surface area (Å²) in [5.74, 6) is -0.772. The number of ether oxygens (including phenoxy) is 1. The van der Waals surface area contributed by atoms with Gasteiger partial charge in [0.15, 0.2) is 6.10 Å². The molecule has 1 N–H and O–H groups in total. The Balaban J connectivity index is 1.66. The standard InChI is InChI=1S/C19H18FN3O4S2/c1-2-16(27-15-10-8-14(20)9-11-15)17(24)21-18-22-23-19(28-18)29(25,26)12-13-6-4-3-5-7-13/h3-11,16H,2,12H2,1H3,(H,21,22,24). The van der Waals surface area contributed by atoms with Crippen LogP contribution in [0.4, 0.5) is 9.52 Å². The highest BCUT2D eigenvalue weighted by atomic mass is 32.2. The third-order valence-electron chi connectivity index (χ3n) is 3.86. The van der Waals surface area contributed by atoms with Crippen LogP contribution in [0, 0.1) is 5.82 Å². The van der Waals surface area contributed by atoms with Gasteiger partial charge in [0, 0.05) is 0 Å². The molecule has 152 valence electrons. The summed E-state index contributed by atoms with van der Waals surface area (Å²) in [5, 5.41) is 10.0. The van der Waals surface area contributed by atoms with Gasteiger partial charge in [-0.25, -0.2) is 12.8 Å². The highest BCUT2D eigenvalue weighted by Crippen LogP contribution is 2.24. The molecule has 0 saturated carbocycles. The van der Waals surface area contributed by atoms with Crippen molar-refractivity contribution in [2.45, 2.75) is 29.5 Å². The molecule has 0 radical (unpaired) electrons. The van der Waals surface area contributed by atoms with E-state index in [-0.39, 0.29) is 15.2 Å².